The van der Waals surface area contributed by atoms with E-state index in [0.29, 0.717) is 5.75 Å². The standard InChI is InChI=1S/C15H16BrFN2O/c1-3-19-10(2)11-4-5-15(14(17)6-11)20-13-7-12(16)8-18-9-13/h4-10,19H,3H2,1-2H3. The first-order valence-electron chi connectivity index (χ1n) is 6.41. The quantitative estimate of drug-likeness (QED) is 0.874. The number of pyridine rings is 1. The highest BCUT2D eigenvalue weighted by atomic mass is 79.9. The molecule has 0 amide bonds. The van der Waals surface area contributed by atoms with E-state index in [4.69, 9.17) is 4.74 Å². The van der Waals surface area contributed by atoms with Crippen molar-refractivity contribution in [3.05, 3.63) is 52.5 Å². The van der Waals surface area contributed by atoms with Gasteiger partial charge < -0.3 is 10.1 Å². The first-order chi connectivity index (χ1) is 9.60. The van der Waals surface area contributed by atoms with Crippen molar-refractivity contribution >= 4 is 15.9 Å². The molecule has 0 aliphatic rings. The molecule has 2 aromatic rings. The lowest BCUT2D eigenvalue weighted by Crippen LogP contribution is -2.17. The average Bonchev–Trinajstić information content (AvgIpc) is 2.41. The lowest BCUT2D eigenvalue weighted by molar-refractivity contribution is 0.438. The minimum Gasteiger partial charge on any atom is -0.453 e. The van der Waals surface area contributed by atoms with Crippen molar-refractivity contribution in [1.29, 1.82) is 0 Å². The number of rotatable bonds is 5. The number of nitrogens with zero attached hydrogens (tertiary/aromatic N) is 1. The van der Waals surface area contributed by atoms with Crippen LogP contribution in [0, 0.1) is 5.82 Å². The molecule has 3 nitrogen and oxygen atoms in total. The Morgan fingerprint density at radius 3 is 2.80 bits per heavy atom. The van der Waals surface area contributed by atoms with E-state index in [9.17, 15) is 4.39 Å². The molecule has 2 rings (SSSR count). The molecule has 0 saturated carbocycles. The number of aromatic nitrogens is 1. The van der Waals surface area contributed by atoms with Crippen molar-refractivity contribution in [2.75, 3.05) is 6.54 Å². The van der Waals surface area contributed by atoms with E-state index in [0.717, 1.165) is 16.6 Å². The van der Waals surface area contributed by atoms with E-state index in [-0.39, 0.29) is 17.6 Å². The number of hydrogen-bond donors (Lipinski definition) is 1. The molecule has 0 bridgehead atoms. The molecule has 0 saturated heterocycles. The monoisotopic (exact) mass is 338 g/mol. The van der Waals surface area contributed by atoms with E-state index in [2.05, 4.69) is 26.2 Å². The highest BCUT2D eigenvalue weighted by Crippen LogP contribution is 2.27. The van der Waals surface area contributed by atoms with Gasteiger partial charge in [0.05, 0.1) is 6.20 Å². The van der Waals surface area contributed by atoms with Gasteiger partial charge in [-0.2, -0.15) is 0 Å². The van der Waals surface area contributed by atoms with Crippen molar-refractivity contribution in [3.8, 4) is 11.5 Å². The molecule has 1 unspecified atom stereocenters. The zero-order valence-corrected chi connectivity index (χ0v) is 12.9. The van der Waals surface area contributed by atoms with Crippen molar-refractivity contribution in [1.82, 2.24) is 10.3 Å². The molecule has 1 N–H and O–H groups in total. The minimum absolute atomic E-state index is 0.107. The van der Waals surface area contributed by atoms with Crippen LogP contribution in [0.5, 0.6) is 11.5 Å². The van der Waals surface area contributed by atoms with E-state index in [1.54, 1.807) is 24.5 Å². The summed E-state index contributed by atoms with van der Waals surface area (Å²) in [5.74, 6) is 0.301. The topological polar surface area (TPSA) is 34.1 Å². The minimum atomic E-state index is -0.382. The van der Waals surface area contributed by atoms with Gasteiger partial charge >= 0.3 is 0 Å². The Morgan fingerprint density at radius 2 is 2.15 bits per heavy atom. The predicted octanol–water partition coefficient (Wildman–Crippen LogP) is 4.45. The lowest BCUT2D eigenvalue weighted by atomic mass is 10.1. The van der Waals surface area contributed by atoms with Crippen molar-refractivity contribution < 1.29 is 9.13 Å². The van der Waals surface area contributed by atoms with Crippen LogP contribution in [0.2, 0.25) is 0 Å². The molecule has 1 aromatic carbocycles. The molecule has 5 heteroatoms. The van der Waals surface area contributed by atoms with Crippen LogP contribution in [-0.4, -0.2) is 11.5 Å². The molecular formula is C15H16BrFN2O. The Bertz CT molecular complexity index is 592. The Labute approximate surface area is 126 Å². The maximum atomic E-state index is 14.1. The maximum Gasteiger partial charge on any atom is 0.166 e. The van der Waals surface area contributed by atoms with Crippen LogP contribution in [0.25, 0.3) is 0 Å². The van der Waals surface area contributed by atoms with Gasteiger partial charge in [0.1, 0.15) is 5.75 Å². The molecule has 0 aliphatic carbocycles. The number of ether oxygens (including phenoxy) is 1. The third-order valence-electron chi connectivity index (χ3n) is 2.87. The second-order valence-electron chi connectivity index (χ2n) is 4.41. The fourth-order valence-electron chi connectivity index (χ4n) is 1.87. The Morgan fingerprint density at radius 1 is 1.35 bits per heavy atom. The smallest absolute Gasteiger partial charge is 0.166 e. The summed E-state index contributed by atoms with van der Waals surface area (Å²) in [6, 6.07) is 6.84. The summed E-state index contributed by atoms with van der Waals surface area (Å²) in [5.41, 5.74) is 0.893. The van der Waals surface area contributed by atoms with Crippen molar-refractivity contribution in [2.45, 2.75) is 19.9 Å². The highest BCUT2D eigenvalue weighted by molar-refractivity contribution is 9.10. The molecule has 1 aromatic heterocycles. The Hall–Kier alpha value is -1.46. The van der Waals surface area contributed by atoms with Crippen molar-refractivity contribution in [3.63, 3.8) is 0 Å². The van der Waals surface area contributed by atoms with Gasteiger partial charge in [-0.1, -0.05) is 13.0 Å². The molecular weight excluding hydrogens is 323 g/mol. The van der Waals surface area contributed by atoms with Gasteiger partial charge in [0, 0.05) is 16.7 Å². The fourth-order valence-corrected chi connectivity index (χ4v) is 2.21. The summed E-state index contributed by atoms with van der Waals surface area (Å²) in [6.45, 7) is 4.85. The maximum absolute atomic E-state index is 14.1. The highest BCUT2D eigenvalue weighted by Gasteiger charge is 2.10. The van der Waals surface area contributed by atoms with Gasteiger partial charge in [-0.15, -0.1) is 0 Å². The van der Waals surface area contributed by atoms with Crippen LogP contribution in [-0.2, 0) is 0 Å². The average molecular weight is 339 g/mol. The van der Waals surface area contributed by atoms with E-state index in [1.807, 2.05) is 19.9 Å². The second kappa shape index (κ2) is 6.81. The summed E-state index contributed by atoms with van der Waals surface area (Å²) in [4.78, 5) is 3.98. The molecule has 0 fully saturated rings. The van der Waals surface area contributed by atoms with Gasteiger partial charge in [-0.25, -0.2) is 4.39 Å². The molecule has 1 heterocycles. The Balaban J connectivity index is 2.17. The van der Waals surface area contributed by atoms with Crippen molar-refractivity contribution in [2.24, 2.45) is 0 Å². The van der Waals surface area contributed by atoms with Gasteiger partial charge in [-0.3, -0.25) is 4.98 Å². The van der Waals surface area contributed by atoms with Crippen LogP contribution in [0.4, 0.5) is 4.39 Å². The number of nitrogens with one attached hydrogen (secondary N) is 1. The lowest BCUT2D eigenvalue weighted by Gasteiger charge is -2.14. The largest absolute Gasteiger partial charge is 0.453 e. The molecule has 20 heavy (non-hydrogen) atoms. The van der Waals surface area contributed by atoms with Gasteiger partial charge in [-0.05, 0) is 53.2 Å². The van der Waals surface area contributed by atoms with Crippen LogP contribution < -0.4 is 10.1 Å². The van der Waals surface area contributed by atoms with E-state index in [1.165, 1.54) is 6.07 Å². The molecule has 0 aliphatic heterocycles. The normalized spacial score (nSPS) is 12.2. The number of halogens is 2. The Kier molecular flexibility index (Phi) is 5.09. The van der Waals surface area contributed by atoms with Crippen LogP contribution in [0.3, 0.4) is 0 Å². The van der Waals surface area contributed by atoms with Gasteiger partial charge in [0.15, 0.2) is 11.6 Å². The first-order valence-corrected chi connectivity index (χ1v) is 7.20. The summed E-state index contributed by atoms with van der Waals surface area (Å²) >= 11 is 3.30. The number of benzene rings is 1. The molecule has 1 atom stereocenters. The molecule has 106 valence electrons. The van der Waals surface area contributed by atoms with E-state index < -0.39 is 0 Å². The number of hydrogen-bond acceptors (Lipinski definition) is 3. The first kappa shape index (κ1) is 14.9. The molecule has 0 radical (unpaired) electrons. The van der Waals surface area contributed by atoms with Gasteiger partial charge in [0.2, 0.25) is 0 Å². The SMILES string of the molecule is CCNC(C)c1ccc(Oc2cncc(Br)c2)c(F)c1. The van der Waals surface area contributed by atoms with E-state index >= 15 is 0 Å². The second-order valence-corrected chi connectivity index (χ2v) is 5.33. The third kappa shape index (κ3) is 3.77. The summed E-state index contributed by atoms with van der Waals surface area (Å²) in [5, 5.41) is 3.24. The molecule has 0 spiro atoms. The van der Waals surface area contributed by atoms with Crippen LogP contribution in [0.1, 0.15) is 25.5 Å². The van der Waals surface area contributed by atoms with Crippen LogP contribution in [0.15, 0.2) is 41.1 Å². The zero-order valence-electron chi connectivity index (χ0n) is 11.4. The summed E-state index contributed by atoms with van der Waals surface area (Å²) in [7, 11) is 0. The van der Waals surface area contributed by atoms with Gasteiger partial charge in [0.25, 0.3) is 0 Å². The van der Waals surface area contributed by atoms with Crippen LogP contribution >= 0.6 is 15.9 Å². The fraction of sp³-hybridized carbons (Fsp3) is 0.267. The third-order valence-corrected chi connectivity index (χ3v) is 3.31. The summed E-state index contributed by atoms with van der Waals surface area (Å²) in [6.07, 6.45) is 3.18. The summed E-state index contributed by atoms with van der Waals surface area (Å²) < 4.78 is 20.3. The zero-order chi connectivity index (χ0) is 14.5. The predicted molar refractivity (Wildman–Crippen MR) is 80.5 cm³/mol.